The number of anilines is 2. The molecule has 1 aliphatic heterocycles. The van der Waals surface area contributed by atoms with E-state index in [-0.39, 0.29) is 10.9 Å². The molecular weight excluding hydrogens is 367 g/mol. The van der Waals surface area contributed by atoms with Gasteiger partial charge in [-0.2, -0.15) is 0 Å². The predicted octanol–water partition coefficient (Wildman–Crippen LogP) is 4.66. The summed E-state index contributed by atoms with van der Waals surface area (Å²) in [4.78, 5) is 23.5. The molecule has 0 aliphatic carbocycles. The summed E-state index contributed by atoms with van der Waals surface area (Å²) in [5, 5.41) is 3.65. The van der Waals surface area contributed by atoms with Gasteiger partial charge in [-0.25, -0.2) is 14.4 Å². The van der Waals surface area contributed by atoms with Crippen molar-refractivity contribution in [2.24, 2.45) is 0 Å². The van der Waals surface area contributed by atoms with E-state index in [1.54, 1.807) is 12.4 Å². The Bertz CT molecular complexity index is 1000. The summed E-state index contributed by atoms with van der Waals surface area (Å²) in [6.45, 7) is 1.94. The fourth-order valence-electron chi connectivity index (χ4n) is 3.32. The molecule has 0 unspecified atom stereocenters. The van der Waals surface area contributed by atoms with Crippen LogP contribution in [0.15, 0.2) is 42.7 Å². The van der Waals surface area contributed by atoms with Crippen molar-refractivity contribution >= 4 is 39.9 Å². The van der Waals surface area contributed by atoms with Crippen molar-refractivity contribution < 1.29 is 9.18 Å². The van der Waals surface area contributed by atoms with E-state index in [2.05, 4.69) is 20.2 Å². The summed E-state index contributed by atoms with van der Waals surface area (Å²) < 4.78 is 13.3. The van der Waals surface area contributed by atoms with Gasteiger partial charge in [0.2, 0.25) is 0 Å². The molecule has 4 rings (SSSR count). The summed E-state index contributed by atoms with van der Waals surface area (Å²) in [5.41, 5.74) is 1.75. The maximum Gasteiger partial charge on any atom is 0.255 e. The molecule has 0 atom stereocenters. The van der Waals surface area contributed by atoms with Gasteiger partial charge in [-0.15, -0.1) is 0 Å². The first-order valence-electron chi connectivity index (χ1n) is 8.88. The number of fused-ring (bicyclic) bond motifs is 1. The Labute approximate surface area is 161 Å². The molecular formula is C20H18ClFN4O. The second kappa shape index (κ2) is 7.48. The first-order chi connectivity index (χ1) is 13.1. The number of carbonyl (C=O) groups is 1. The van der Waals surface area contributed by atoms with Crippen LogP contribution in [0.5, 0.6) is 0 Å². The summed E-state index contributed by atoms with van der Waals surface area (Å²) in [6.07, 6.45) is 5.10. The highest BCUT2D eigenvalue weighted by molar-refractivity contribution is 6.31. The standard InChI is InChI=1S/C20H18ClFN4O/c21-16-10-13(4-6-17(16)22)20(27)25-14-5-7-18-15(11-14)19(24-12-23-18)26-8-2-1-3-9-26/h4-7,10-12H,1-3,8-9H2,(H,25,27). The van der Waals surface area contributed by atoms with E-state index in [4.69, 9.17) is 11.6 Å². The third kappa shape index (κ3) is 3.71. The lowest BCUT2D eigenvalue weighted by molar-refractivity contribution is 0.102. The third-order valence-electron chi connectivity index (χ3n) is 4.71. The van der Waals surface area contributed by atoms with Crippen LogP contribution in [-0.2, 0) is 0 Å². The van der Waals surface area contributed by atoms with E-state index >= 15 is 0 Å². The Morgan fingerprint density at radius 1 is 1.07 bits per heavy atom. The number of hydrogen-bond acceptors (Lipinski definition) is 4. The van der Waals surface area contributed by atoms with Crippen molar-refractivity contribution in [2.75, 3.05) is 23.3 Å². The van der Waals surface area contributed by atoms with Crippen LogP contribution in [0.1, 0.15) is 29.6 Å². The maximum atomic E-state index is 13.3. The van der Waals surface area contributed by atoms with Gasteiger partial charge in [-0.1, -0.05) is 11.6 Å². The average Bonchev–Trinajstić information content (AvgIpc) is 2.70. The molecule has 0 radical (unpaired) electrons. The smallest absolute Gasteiger partial charge is 0.255 e. The Hall–Kier alpha value is -2.73. The van der Waals surface area contributed by atoms with Crippen molar-refractivity contribution in [2.45, 2.75) is 19.3 Å². The zero-order valence-corrected chi connectivity index (χ0v) is 15.3. The summed E-state index contributed by atoms with van der Waals surface area (Å²) in [5.74, 6) is -0.0181. The molecule has 1 aliphatic rings. The van der Waals surface area contributed by atoms with Crippen molar-refractivity contribution in [1.82, 2.24) is 9.97 Å². The number of nitrogens with zero attached hydrogens (tertiary/aromatic N) is 3. The van der Waals surface area contributed by atoms with Crippen LogP contribution < -0.4 is 10.2 Å². The van der Waals surface area contributed by atoms with Crippen LogP contribution in [0.25, 0.3) is 10.9 Å². The number of benzene rings is 2. The predicted molar refractivity (Wildman–Crippen MR) is 105 cm³/mol. The summed E-state index contributed by atoms with van der Waals surface area (Å²) >= 11 is 5.77. The van der Waals surface area contributed by atoms with Crippen LogP contribution in [0, 0.1) is 5.82 Å². The largest absolute Gasteiger partial charge is 0.356 e. The minimum absolute atomic E-state index is 0.0815. The van der Waals surface area contributed by atoms with Crippen LogP contribution in [0.4, 0.5) is 15.9 Å². The minimum Gasteiger partial charge on any atom is -0.356 e. The highest BCUT2D eigenvalue weighted by Crippen LogP contribution is 2.28. The second-order valence-corrected chi connectivity index (χ2v) is 6.97. The van der Waals surface area contributed by atoms with Crippen molar-refractivity contribution in [1.29, 1.82) is 0 Å². The number of halogens is 2. The van der Waals surface area contributed by atoms with Crippen molar-refractivity contribution in [3.8, 4) is 0 Å². The maximum absolute atomic E-state index is 13.3. The number of amides is 1. The number of piperidine rings is 1. The summed E-state index contributed by atoms with van der Waals surface area (Å²) in [7, 11) is 0. The minimum atomic E-state index is -0.553. The van der Waals surface area contributed by atoms with Crippen LogP contribution >= 0.6 is 11.6 Å². The fraction of sp³-hybridized carbons (Fsp3) is 0.250. The van der Waals surface area contributed by atoms with Gasteiger partial charge in [0.25, 0.3) is 5.91 Å². The Balaban J connectivity index is 1.64. The number of rotatable bonds is 3. The molecule has 1 amide bonds. The quantitative estimate of drug-likeness (QED) is 0.713. The van der Waals surface area contributed by atoms with Crippen LogP contribution in [-0.4, -0.2) is 29.0 Å². The zero-order chi connectivity index (χ0) is 18.8. The van der Waals surface area contributed by atoms with E-state index in [1.807, 2.05) is 12.1 Å². The van der Waals surface area contributed by atoms with Crippen molar-refractivity contribution in [3.63, 3.8) is 0 Å². The monoisotopic (exact) mass is 384 g/mol. The lowest BCUT2D eigenvalue weighted by atomic mass is 10.1. The van der Waals surface area contributed by atoms with Crippen LogP contribution in [0.3, 0.4) is 0 Å². The molecule has 2 aromatic carbocycles. The molecule has 1 saturated heterocycles. The fourth-order valence-corrected chi connectivity index (χ4v) is 3.50. The SMILES string of the molecule is O=C(Nc1ccc2ncnc(N3CCCCC3)c2c1)c1ccc(F)c(Cl)c1. The van der Waals surface area contributed by atoms with Gasteiger partial charge in [-0.05, 0) is 55.7 Å². The normalized spacial score (nSPS) is 14.4. The second-order valence-electron chi connectivity index (χ2n) is 6.56. The van der Waals surface area contributed by atoms with Gasteiger partial charge < -0.3 is 10.2 Å². The molecule has 5 nitrogen and oxygen atoms in total. The van der Waals surface area contributed by atoms with Crippen LogP contribution in [0.2, 0.25) is 5.02 Å². The van der Waals surface area contributed by atoms with Gasteiger partial charge >= 0.3 is 0 Å². The lowest BCUT2D eigenvalue weighted by Gasteiger charge is -2.28. The molecule has 1 fully saturated rings. The molecule has 0 saturated carbocycles. The van der Waals surface area contributed by atoms with E-state index in [9.17, 15) is 9.18 Å². The van der Waals surface area contributed by atoms with Gasteiger partial charge in [0.05, 0.1) is 10.5 Å². The molecule has 0 bridgehead atoms. The molecule has 1 N–H and O–H groups in total. The van der Waals surface area contributed by atoms with E-state index in [0.29, 0.717) is 11.3 Å². The number of carbonyl (C=O) groups excluding carboxylic acids is 1. The first-order valence-corrected chi connectivity index (χ1v) is 9.26. The number of aromatic nitrogens is 2. The number of nitrogens with one attached hydrogen (secondary N) is 1. The number of hydrogen-bond donors (Lipinski definition) is 1. The van der Waals surface area contributed by atoms with E-state index in [1.165, 1.54) is 24.6 Å². The van der Waals surface area contributed by atoms with Crippen molar-refractivity contribution in [3.05, 3.63) is 59.1 Å². The first kappa shape index (κ1) is 17.7. The Kier molecular flexibility index (Phi) is 4.90. The van der Waals surface area contributed by atoms with Gasteiger partial charge in [0.15, 0.2) is 0 Å². The molecule has 1 aromatic heterocycles. The molecule has 7 heteroatoms. The lowest BCUT2D eigenvalue weighted by Crippen LogP contribution is -2.30. The summed E-state index contributed by atoms with van der Waals surface area (Å²) in [6, 6.07) is 9.42. The molecule has 27 heavy (non-hydrogen) atoms. The average molecular weight is 385 g/mol. The van der Waals surface area contributed by atoms with Gasteiger partial charge in [0.1, 0.15) is 18.0 Å². The highest BCUT2D eigenvalue weighted by atomic mass is 35.5. The zero-order valence-electron chi connectivity index (χ0n) is 14.6. The molecule has 138 valence electrons. The Morgan fingerprint density at radius 2 is 1.89 bits per heavy atom. The topological polar surface area (TPSA) is 58.1 Å². The van der Waals surface area contributed by atoms with Gasteiger partial charge in [0, 0.05) is 29.7 Å². The van der Waals surface area contributed by atoms with E-state index < -0.39 is 5.82 Å². The van der Waals surface area contributed by atoms with E-state index in [0.717, 1.165) is 42.7 Å². The molecule has 2 heterocycles. The Morgan fingerprint density at radius 3 is 2.67 bits per heavy atom. The molecule has 3 aromatic rings. The molecule has 0 spiro atoms. The highest BCUT2D eigenvalue weighted by Gasteiger charge is 2.16. The van der Waals surface area contributed by atoms with Gasteiger partial charge in [-0.3, -0.25) is 4.79 Å². The third-order valence-corrected chi connectivity index (χ3v) is 5.00.